The highest BCUT2D eigenvalue weighted by molar-refractivity contribution is 5.73. The highest BCUT2D eigenvalue weighted by Gasteiger charge is 2.45. The molecule has 1 saturated heterocycles. The summed E-state index contributed by atoms with van der Waals surface area (Å²) >= 11 is 0. The van der Waals surface area contributed by atoms with Crippen molar-refractivity contribution < 1.29 is 50.9 Å². The quantitative estimate of drug-likeness (QED) is 0.465. The van der Waals surface area contributed by atoms with Gasteiger partial charge in [0.25, 0.3) is 0 Å². The van der Waals surface area contributed by atoms with Crippen LogP contribution < -0.4 is 4.74 Å². The largest absolute Gasteiger partial charge is 0.497 e. The van der Waals surface area contributed by atoms with Crippen molar-refractivity contribution in [2.45, 2.75) is 70.5 Å². The molecule has 0 aliphatic carbocycles. The lowest BCUT2D eigenvalue weighted by Gasteiger charge is -2.46. The van der Waals surface area contributed by atoms with Crippen molar-refractivity contribution in [2.24, 2.45) is 0 Å². The smallest absolute Gasteiger partial charge is 0.490 e. The van der Waals surface area contributed by atoms with Crippen molar-refractivity contribution in [1.82, 2.24) is 19.4 Å². The van der Waals surface area contributed by atoms with Gasteiger partial charge in [-0.05, 0) is 71.4 Å². The van der Waals surface area contributed by atoms with Crippen LogP contribution >= 0.6 is 0 Å². The van der Waals surface area contributed by atoms with Gasteiger partial charge >= 0.3 is 24.3 Å². The zero-order valence-corrected chi connectivity index (χ0v) is 24.0. The van der Waals surface area contributed by atoms with E-state index in [-0.39, 0.29) is 5.41 Å². The number of carbonyl (C=O) groups is 2. The summed E-state index contributed by atoms with van der Waals surface area (Å²) in [4.78, 5) is 28.0. The summed E-state index contributed by atoms with van der Waals surface area (Å²) < 4.78 is 71.4. The lowest BCUT2D eigenvalue weighted by atomic mass is 9.72. The van der Waals surface area contributed by atoms with Crippen LogP contribution in [0.2, 0.25) is 0 Å². The summed E-state index contributed by atoms with van der Waals surface area (Å²) in [5.74, 6) is -3.41. The highest BCUT2D eigenvalue weighted by Crippen LogP contribution is 2.42. The Balaban J connectivity index is 0.000000367. The Hall–Kier alpha value is -3.33. The Labute approximate surface area is 239 Å². The van der Waals surface area contributed by atoms with E-state index in [2.05, 4.69) is 60.4 Å². The second kappa shape index (κ2) is 13.8. The molecule has 1 fully saturated rings. The standard InChI is InChI=1S/C23H34N4O.2C2HF3O2/c1-17(2)27-18(3)24-22-21(27)15-26(14-19-7-6-8-20(13-19)28-5)16-23(22)9-11-25(4)12-10-23;2*3-2(4,5)1(6)7/h6-8,13,17H,9-12,14-16H2,1-5H3;2*(H,6,7). The van der Waals surface area contributed by atoms with Crippen LogP contribution in [0, 0.1) is 6.92 Å². The third kappa shape index (κ3) is 9.08. The zero-order valence-electron chi connectivity index (χ0n) is 24.0. The number of aryl methyl sites for hydroxylation is 1. The molecule has 2 aliphatic heterocycles. The van der Waals surface area contributed by atoms with E-state index in [0.717, 1.165) is 38.5 Å². The fourth-order valence-corrected chi connectivity index (χ4v) is 5.20. The monoisotopic (exact) mass is 610 g/mol. The summed E-state index contributed by atoms with van der Waals surface area (Å²) in [7, 11) is 3.98. The van der Waals surface area contributed by atoms with E-state index in [1.807, 2.05) is 6.07 Å². The number of hydrogen-bond acceptors (Lipinski definition) is 6. The molecule has 2 N–H and O–H groups in total. The summed E-state index contributed by atoms with van der Waals surface area (Å²) in [6.07, 6.45) is -7.78. The number of likely N-dealkylation sites (tertiary alicyclic amines) is 1. The predicted octanol–water partition coefficient (Wildman–Crippen LogP) is 5.03. The first kappa shape index (κ1) is 34.9. The number of rotatable bonds is 4. The van der Waals surface area contributed by atoms with Gasteiger partial charge in [0.15, 0.2) is 0 Å². The topological polar surface area (TPSA) is 108 Å². The van der Waals surface area contributed by atoms with Crippen molar-refractivity contribution in [2.75, 3.05) is 33.8 Å². The van der Waals surface area contributed by atoms with Crippen LogP contribution in [0.15, 0.2) is 24.3 Å². The molecule has 0 saturated carbocycles. The maximum absolute atomic E-state index is 10.6. The molecule has 0 radical (unpaired) electrons. The molecule has 15 heteroatoms. The molecule has 0 amide bonds. The number of imidazole rings is 1. The van der Waals surface area contributed by atoms with E-state index in [0.29, 0.717) is 6.04 Å². The minimum atomic E-state index is -5.08. The van der Waals surface area contributed by atoms with Gasteiger partial charge in [-0.25, -0.2) is 14.6 Å². The minimum Gasteiger partial charge on any atom is -0.497 e. The molecule has 1 aromatic carbocycles. The Kier molecular flexibility index (Phi) is 11.4. The van der Waals surface area contributed by atoms with Gasteiger partial charge in [0.1, 0.15) is 11.6 Å². The van der Waals surface area contributed by atoms with E-state index >= 15 is 0 Å². The van der Waals surface area contributed by atoms with Crippen LogP contribution in [0.3, 0.4) is 0 Å². The molecule has 9 nitrogen and oxygen atoms in total. The SMILES string of the molecule is COc1cccc(CN2Cc3c(nc(C)n3C(C)C)C3(CCN(C)CC3)C2)c1.O=C(O)C(F)(F)F.O=C(O)C(F)(F)F. The van der Waals surface area contributed by atoms with Crippen molar-refractivity contribution in [3.8, 4) is 5.75 Å². The molecule has 2 aliphatic rings. The van der Waals surface area contributed by atoms with Crippen LogP contribution in [-0.2, 0) is 28.1 Å². The number of carboxylic acids is 2. The molecule has 4 rings (SSSR count). The second-order valence-corrected chi connectivity index (χ2v) is 10.6. The Morgan fingerprint density at radius 2 is 1.57 bits per heavy atom. The van der Waals surface area contributed by atoms with Crippen LogP contribution in [-0.4, -0.2) is 87.6 Å². The summed E-state index contributed by atoms with van der Waals surface area (Å²) in [5, 5.41) is 14.2. The van der Waals surface area contributed by atoms with Gasteiger partial charge in [-0.15, -0.1) is 0 Å². The molecule has 236 valence electrons. The number of hydrogen-bond donors (Lipinski definition) is 2. The maximum atomic E-state index is 10.6. The van der Waals surface area contributed by atoms with Crippen molar-refractivity contribution in [3.05, 3.63) is 47.0 Å². The van der Waals surface area contributed by atoms with E-state index in [4.69, 9.17) is 29.5 Å². The van der Waals surface area contributed by atoms with E-state index in [1.54, 1.807) is 7.11 Å². The lowest BCUT2D eigenvalue weighted by molar-refractivity contribution is -0.193. The molecule has 0 unspecified atom stereocenters. The summed E-state index contributed by atoms with van der Waals surface area (Å²) in [6.45, 7) is 12.1. The third-order valence-corrected chi connectivity index (χ3v) is 7.07. The number of fused-ring (bicyclic) bond motifs is 2. The fraction of sp³-hybridized carbons (Fsp3) is 0.593. The number of ether oxygens (including phenoxy) is 1. The predicted molar refractivity (Wildman–Crippen MR) is 140 cm³/mol. The van der Waals surface area contributed by atoms with Gasteiger partial charge < -0.3 is 24.4 Å². The van der Waals surface area contributed by atoms with Crippen LogP contribution in [0.1, 0.15) is 55.5 Å². The Morgan fingerprint density at radius 1 is 1.05 bits per heavy atom. The first-order chi connectivity index (χ1) is 19.3. The number of methoxy groups -OCH3 is 1. The second-order valence-electron chi connectivity index (χ2n) is 10.6. The Bertz CT molecular complexity index is 1200. The zero-order chi connectivity index (χ0) is 32.0. The fourth-order valence-electron chi connectivity index (χ4n) is 5.20. The van der Waals surface area contributed by atoms with Crippen LogP contribution in [0.5, 0.6) is 5.75 Å². The van der Waals surface area contributed by atoms with Gasteiger partial charge in [0.2, 0.25) is 0 Å². The number of aliphatic carboxylic acids is 2. The molecule has 3 heterocycles. The first-order valence-corrected chi connectivity index (χ1v) is 13.0. The number of halogens is 6. The lowest BCUT2D eigenvalue weighted by Crippen LogP contribution is -2.51. The average molecular weight is 611 g/mol. The van der Waals surface area contributed by atoms with Crippen molar-refractivity contribution >= 4 is 11.9 Å². The molecular formula is C27H36F6N4O5. The van der Waals surface area contributed by atoms with Crippen LogP contribution in [0.4, 0.5) is 26.3 Å². The summed E-state index contributed by atoms with van der Waals surface area (Å²) in [5.41, 5.74) is 4.32. The van der Waals surface area contributed by atoms with Gasteiger partial charge in [0, 0.05) is 31.1 Å². The number of carboxylic acid groups (broad SMARTS) is 2. The number of alkyl halides is 6. The van der Waals surface area contributed by atoms with E-state index in [1.165, 1.54) is 35.6 Å². The van der Waals surface area contributed by atoms with E-state index < -0.39 is 24.3 Å². The van der Waals surface area contributed by atoms with Gasteiger partial charge in [-0.3, -0.25) is 4.90 Å². The molecule has 2 aromatic rings. The normalized spacial score (nSPS) is 17.0. The maximum Gasteiger partial charge on any atom is 0.490 e. The van der Waals surface area contributed by atoms with E-state index in [9.17, 15) is 26.3 Å². The molecule has 42 heavy (non-hydrogen) atoms. The first-order valence-electron chi connectivity index (χ1n) is 13.0. The summed E-state index contributed by atoms with van der Waals surface area (Å²) in [6, 6.07) is 8.94. The average Bonchev–Trinajstić information content (AvgIpc) is 3.22. The molecule has 1 aromatic heterocycles. The van der Waals surface area contributed by atoms with Crippen LogP contribution in [0.25, 0.3) is 0 Å². The number of aromatic nitrogens is 2. The molecular weight excluding hydrogens is 574 g/mol. The molecule has 0 bridgehead atoms. The van der Waals surface area contributed by atoms with Gasteiger partial charge in [0.05, 0.1) is 18.5 Å². The number of nitrogens with zero attached hydrogens (tertiary/aromatic N) is 4. The highest BCUT2D eigenvalue weighted by atomic mass is 19.4. The van der Waals surface area contributed by atoms with Crippen molar-refractivity contribution in [1.29, 1.82) is 0 Å². The van der Waals surface area contributed by atoms with Gasteiger partial charge in [-0.2, -0.15) is 26.3 Å². The third-order valence-electron chi connectivity index (χ3n) is 7.07. The number of piperidine rings is 1. The molecule has 1 spiro atoms. The Morgan fingerprint density at radius 3 is 2.02 bits per heavy atom. The van der Waals surface area contributed by atoms with Gasteiger partial charge in [-0.1, -0.05) is 12.1 Å². The molecule has 0 atom stereocenters. The van der Waals surface area contributed by atoms with Crippen molar-refractivity contribution in [3.63, 3.8) is 0 Å². The minimum absolute atomic E-state index is 0.184. The number of benzene rings is 1.